The maximum absolute atomic E-state index is 9.62. The lowest BCUT2D eigenvalue weighted by atomic mass is 9.89. The van der Waals surface area contributed by atoms with Gasteiger partial charge in [-0.25, -0.2) is 0 Å². The van der Waals surface area contributed by atoms with E-state index in [1.54, 1.807) is 0 Å². The second-order valence-corrected chi connectivity index (χ2v) is 4.93. The zero-order valence-corrected chi connectivity index (χ0v) is 11.1. The van der Waals surface area contributed by atoms with Gasteiger partial charge in [-0.15, -0.1) is 0 Å². The zero-order valence-electron chi connectivity index (χ0n) is 11.1. The summed E-state index contributed by atoms with van der Waals surface area (Å²) in [6.07, 6.45) is 0.891. The van der Waals surface area contributed by atoms with Gasteiger partial charge in [-0.05, 0) is 37.0 Å². The minimum Gasteiger partial charge on any atom is -0.396 e. The summed E-state index contributed by atoms with van der Waals surface area (Å²) in [6.45, 7) is 4.39. The van der Waals surface area contributed by atoms with Crippen molar-refractivity contribution in [3.8, 4) is 0 Å². The van der Waals surface area contributed by atoms with Gasteiger partial charge in [0.25, 0.3) is 0 Å². The molecule has 0 radical (unpaired) electrons. The molecule has 18 heavy (non-hydrogen) atoms. The molecule has 1 nitrogen and oxygen atoms in total. The first-order valence-electron chi connectivity index (χ1n) is 6.42. The third kappa shape index (κ3) is 2.99. The molecule has 1 heteroatoms. The minimum atomic E-state index is 0.189. The SMILES string of the molecule is Cc1ccc(CC(CO)c2ccccc2C)cc1. The molecule has 0 heterocycles. The van der Waals surface area contributed by atoms with Gasteiger partial charge in [-0.2, -0.15) is 0 Å². The summed E-state index contributed by atoms with van der Waals surface area (Å²) in [7, 11) is 0. The van der Waals surface area contributed by atoms with Crippen LogP contribution in [0.15, 0.2) is 48.5 Å². The normalized spacial score (nSPS) is 12.4. The molecule has 0 aliphatic heterocycles. The summed E-state index contributed by atoms with van der Waals surface area (Å²) >= 11 is 0. The van der Waals surface area contributed by atoms with Gasteiger partial charge in [0.2, 0.25) is 0 Å². The second-order valence-electron chi connectivity index (χ2n) is 4.93. The van der Waals surface area contributed by atoms with E-state index in [1.807, 2.05) is 12.1 Å². The van der Waals surface area contributed by atoms with Crippen LogP contribution >= 0.6 is 0 Å². The molecular formula is C17H20O. The standard InChI is InChI=1S/C17H20O/c1-13-7-9-15(10-8-13)11-16(12-18)17-6-4-3-5-14(17)2/h3-10,16,18H,11-12H2,1-2H3. The number of benzene rings is 2. The molecule has 0 saturated carbocycles. The van der Waals surface area contributed by atoms with Crippen molar-refractivity contribution in [1.82, 2.24) is 0 Å². The third-order valence-electron chi connectivity index (χ3n) is 3.45. The predicted molar refractivity (Wildman–Crippen MR) is 75.9 cm³/mol. The maximum Gasteiger partial charge on any atom is 0.0503 e. The molecule has 94 valence electrons. The van der Waals surface area contributed by atoms with Gasteiger partial charge in [-0.1, -0.05) is 54.1 Å². The van der Waals surface area contributed by atoms with Crippen LogP contribution in [0.25, 0.3) is 0 Å². The zero-order chi connectivity index (χ0) is 13.0. The smallest absolute Gasteiger partial charge is 0.0503 e. The molecule has 1 unspecified atom stereocenters. The van der Waals surface area contributed by atoms with Crippen molar-refractivity contribution in [1.29, 1.82) is 0 Å². The van der Waals surface area contributed by atoms with Gasteiger partial charge in [0, 0.05) is 5.92 Å². The first kappa shape index (κ1) is 12.8. The monoisotopic (exact) mass is 240 g/mol. The van der Waals surface area contributed by atoms with Crippen LogP contribution in [-0.2, 0) is 6.42 Å². The van der Waals surface area contributed by atoms with Gasteiger partial charge in [0.15, 0.2) is 0 Å². The number of hydrogen-bond donors (Lipinski definition) is 1. The van der Waals surface area contributed by atoms with Gasteiger partial charge in [0.1, 0.15) is 0 Å². The number of aliphatic hydroxyl groups is 1. The van der Waals surface area contributed by atoms with Crippen LogP contribution in [0.3, 0.4) is 0 Å². The van der Waals surface area contributed by atoms with Crippen molar-refractivity contribution in [2.75, 3.05) is 6.61 Å². The van der Waals surface area contributed by atoms with Gasteiger partial charge < -0.3 is 5.11 Å². The van der Waals surface area contributed by atoms with E-state index in [-0.39, 0.29) is 12.5 Å². The Labute approximate surface area is 109 Å². The summed E-state index contributed by atoms with van der Waals surface area (Å²) < 4.78 is 0. The molecule has 0 bridgehead atoms. The molecule has 0 aromatic heterocycles. The highest BCUT2D eigenvalue weighted by Crippen LogP contribution is 2.23. The van der Waals surface area contributed by atoms with E-state index in [2.05, 4.69) is 50.2 Å². The molecule has 0 amide bonds. The quantitative estimate of drug-likeness (QED) is 0.865. The highest BCUT2D eigenvalue weighted by atomic mass is 16.3. The first-order valence-corrected chi connectivity index (χ1v) is 6.42. The van der Waals surface area contributed by atoms with Gasteiger partial charge in [0.05, 0.1) is 6.61 Å². The minimum absolute atomic E-state index is 0.189. The Balaban J connectivity index is 2.20. The van der Waals surface area contributed by atoms with E-state index >= 15 is 0 Å². The topological polar surface area (TPSA) is 20.2 Å². The molecule has 1 N–H and O–H groups in total. The molecule has 2 aromatic rings. The molecule has 0 spiro atoms. The maximum atomic E-state index is 9.62. The van der Waals surface area contributed by atoms with Crippen molar-refractivity contribution < 1.29 is 5.11 Å². The Hall–Kier alpha value is -1.60. The van der Waals surface area contributed by atoms with Crippen LogP contribution < -0.4 is 0 Å². The summed E-state index contributed by atoms with van der Waals surface area (Å²) in [5.74, 6) is 0.189. The Morgan fingerprint density at radius 1 is 0.944 bits per heavy atom. The molecule has 0 fully saturated rings. The van der Waals surface area contributed by atoms with E-state index in [4.69, 9.17) is 0 Å². The summed E-state index contributed by atoms with van der Waals surface area (Å²) in [5, 5.41) is 9.62. The van der Waals surface area contributed by atoms with Crippen molar-refractivity contribution >= 4 is 0 Å². The first-order chi connectivity index (χ1) is 8.70. The van der Waals surface area contributed by atoms with E-state index in [1.165, 1.54) is 22.3 Å². The highest BCUT2D eigenvalue weighted by molar-refractivity contribution is 5.31. The molecule has 0 aliphatic rings. The number of hydrogen-bond acceptors (Lipinski definition) is 1. The van der Waals surface area contributed by atoms with Crippen molar-refractivity contribution in [2.45, 2.75) is 26.2 Å². The number of aliphatic hydroxyl groups excluding tert-OH is 1. The van der Waals surface area contributed by atoms with Crippen LogP contribution in [-0.4, -0.2) is 11.7 Å². The molecule has 2 rings (SSSR count). The summed E-state index contributed by atoms with van der Waals surface area (Å²) in [6, 6.07) is 16.9. The molecule has 0 aliphatic carbocycles. The van der Waals surface area contributed by atoms with E-state index in [9.17, 15) is 5.11 Å². The average molecular weight is 240 g/mol. The van der Waals surface area contributed by atoms with Crippen LogP contribution in [0.1, 0.15) is 28.2 Å². The second kappa shape index (κ2) is 5.83. The molecular weight excluding hydrogens is 220 g/mol. The summed E-state index contributed by atoms with van der Waals surface area (Å²) in [5.41, 5.74) is 5.06. The van der Waals surface area contributed by atoms with Crippen molar-refractivity contribution in [2.24, 2.45) is 0 Å². The van der Waals surface area contributed by atoms with Crippen LogP contribution in [0, 0.1) is 13.8 Å². The Bertz CT molecular complexity index is 499. The fourth-order valence-electron chi connectivity index (χ4n) is 2.33. The van der Waals surface area contributed by atoms with Crippen LogP contribution in [0.2, 0.25) is 0 Å². The average Bonchev–Trinajstić information content (AvgIpc) is 2.39. The van der Waals surface area contributed by atoms with E-state index in [0.717, 1.165) is 6.42 Å². The fraction of sp³-hybridized carbons (Fsp3) is 0.294. The third-order valence-corrected chi connectivity index (χ3v) is 3.45. The number of rotatable bonds is 4. The lowest BCUT2D eigenvalue weighted by Crippen LogP contribution is -2.09. The van der Waals surface area contributed by atoms with Gasteiger partial charge >= 0.3 is 0 Å². The molecule has 1 atom stereocenters. The molecule has 2 aromatic carbocycles. The fourth-order valence-corrected chi connectivity index (χ4v) is 2.33. The van der Waals surface area contributed by atoms with Crippen molar-refractivity contribution in [3.63, 3.8) is 0 Å². The lowest BCUT2D eigenvalue weighted by Gasteiger charge is -2.17. The largest absolute Gasteiger partial charge is 0.396 e. The highest BCUT2D eigenvalue weighted by Gasteiger charge is 2.13. The van der Waals surface area contributed by atoms with Crippen LogP contribution in [0.4, 0.5) is 0 Å². The predicted octanol–water partition coefficient (Wildman–Crippen LogP) is 3.62. The summed E-state index contributed by atoms with van der Waals surface area (Å²) in [4.78, 5) is 0. The molecule has 0 saturated heterocycles. The van der Waals surface area contributed by atoms with Crippen molar-refractivity contribution in [3.05, 3.63) is 70.8 Å². The Kier molecular flexibility index (Phi) is 4.16. The Morgan fingerprint density at radius 2 is 1.61 bits per heavy atom. The van der Waals surface area contributed by atoms with Gasteiger partial charge in [-0.3, -0.25) is 0 Å². The van der Waals surface area contributed by atoms with E-state index < -0.39 is 0 Å². The lowest BCUT2D eigenvalue weighted by molar-refractivity contribution is 0.264. The number of aryl methyl sites for hydroxylation is 2. The van der Waals surface area contributed by atoms with Crippen LogP contribution in [0.5, 0.6) is 0 Å². The Morgan fingerprint density at radius 3 is 2.22 bits per heavy atom. The van der Waals surface area contributed by atoms with E-state index in [0.29, 0.717) is 0 Å².